The van der Waals surface area contributed by atoms with Crippen molar-refractivity contribution in [2.75, 3.05) is 19.6 Å². The van der Waals surface area contributed by atoms with E-state index in [-0.39, 0.29) is 0 Å². The van der Waals surface area contributed by atoms with Gasteiger partial charge in [0.25, 0.3) is 0 Å². The fourth-order valence-corrected chi connectivity index (χ4v) is 3.05. The Morgan fingerprint density at radius 2 is 1.92 bits per heavy atom. The molecule has 3 rings (SSSR count). The molecular weight excluding hydrogens is 322 g/mol. The highest BCUT2D eigenvalue weighted by Crippen LogP contribution is 2.30. The van der Waals surface area contributed by atoms with Gasteiger partial charge in [0, 0.05) is 17.0 Å². The standard InChI is InChI=1S/C16H19N3.C2H2O4/c1-2-19-8-6-12(7-9-19)15-10-13-4-3-5-14(11-17)16(13)18-15;3-1(4)2(5)6/h3-5,10,12,18H,2,6-9H2,1H3;(H,3,4)(H,5,6). The lowest BCUT2D eigenvalue weighted by molar-refractivity contribution is -0.159. The number of carbonyl (C=O) groups is 2. The summed E-state index contributed by atoms with van der Waals surface area (Å²) in [7, 11) is 0. The van der Waals surface area contributed by atoms with E-state index in [2.05, 4.69) is 35.0 Å². The van der Waals surface area contributed by atoms with Crippen LogP contribution in [0.5, 0.6) is 0 Å². The minimum absolute atomic E-state index is 0.613. The van der Waals surface area contributed by atoms with Crippen LogP contribution < -0.4 is 0 Å². The van der Waals surface area contributed by atoms with Crippen LogP contribution in [0, 0.1) is 11.3 Å². The maximum absolute atomic E-state index is 9.15. The van der Waals surface area contributed by atoms with Gasteiger partial charge in [0.05, 0.1) is 11.1 Å². The third-order valence-corrected chi connectivity index (χ3v) is 4.46. The van der Waals surface area contributed by atoms with Crippen molar-refractivity contribution < 1.29 is 19.8 Å². The van der Waals surface area contributed by atoms with Gasteiger partial charge in [0.15, 0.2) is 0 Å². The molecule has 0 amide bonds. The summed E-state index contributed by atoms with van der Waals surface area (Å²) in [6.45, 7) is 5.74. The minimum Gasteiger partial charge on any atom is -0.473 e. The Kier molecular flexibility index (Phi) is 6.14. The Balaban J connectivity index is 0.000000326. The van der Waals surface area contributed by atoms with E-state index in [0.29, 0.717) is 5.92 Å². The molecule has 0 radical (unpaired) electrons. The number of hydrogen-bond donors (Lipinski definition) is 3. The molecule has 0 saturated carbocycles. The fraction of sp³-hybridized carbons (Fsp3) is 0.389. The van der Waals surface area contributed by atoms with E-state index in [1.54, 1.807) is 0 Å². The highest BCUT2D eigenvalue weighted by atomic mass is 16.4. The molecule has 2 heterocycles. The Labute approximate surface area is 145 Å². The van der Waals surface area contributed by atoms with Crippen molar-refractivity contribution in [2.24, 2.45) is 0 Å². The van der Waals surface area contributed by atoms with Crippen molar-refractivity contribution in [3.63, 3.8) is 0 Å². The topological polar surface area (TPSA) is 117 Å². The van der Waals surface area contributed by atoms with Gasteiger partial charge in [-0.15, -0.1) is 0 Å². The van der Waals surface area contributed by atoms with Gasteiger partial charge in [-0.1, -0.05) is 19.1 Å². The third-order valence-electron chi connectivity index (χ3n) is 4.46. The van der Waals surface area contributed by atoms with Gasteiger partial charge in [-0.3, -0.25) is 0 Å². The summed E-state index contributed by atoms with van der Waals surface area (Å²) in [6.07, 6.45) is 2.42. The normalized spacial score (nSPS) is 15.2. The number of para-hydroxylation sites is 1. The second-order valence-electron chi connectivity index (χ2n) is 5.93. The van der Waals surface area contributed by atoms with Crippen LogP contribution in [0.1, 0.15) is 36.9 Å². The van der Waals surface area contributed by atoms with Gasteiger partial charge in [-0.2, -0.15) is 5.26 Å². The van der Waals surface area contributed by atoms with E-state index in [9.17, 15) is 0 Å². The second-order valence-corrected chi connectivity index (χ2v) is 5.93. The summed E-state index contributed by atoms with van der Waals surface area (Å²) in [4.78, 5) is 24.2. The van der Waals surface area contributed by atoms with Gasteiger partial charge in [0.2, 0.25) is 0 Å². The van der Waals surface area contributed by atoms with Crippen LogP contribution in [0.3, 0.4) is 0 Å². The molecule has 132 valence electrons. The highest BCUT2D eigenvalue weighted by molar-refractivity contribution is 6.27. The van der Waals surface area contributed by atoms with Crippen molar-refractivity contribution in [3.05, 3.63) is 35.5 Å². The number of likely N-dealkylation sites (tertiary alicyclic amines) is 1. The molecule has 0 aliphatic carbocycles. The molecule has 2 aromatic rings. The molecule has 7 nitrogen and oxygen atoms in total. The maximum Gasteiger partial charge on any atom is 0.414 e. The van der Waals surface area contributed by atoms with Gasteiger partial charge in [-0.05, 0) is 44.6 Å². The Morgan fingerprint density at radius 3 is 2.44 bits per heavy atom. The quantitative estimate of drug-likeness (QED) is 0.721. The number of rotatable bonds is 2. The molecule has 0 spiro atoms. The third kappa shape index (κ3) is 4.58. The average molecular weight is 343 g/mol. The molecule has 3 N–H and O–H groups in total. The van der Waals surface area contributed by atoms with Crippen molar-refractivity contribution in [1.82, 2.24) is 9.88 Å². The summed E-state index contributed by atoms with van der Waals surface area (Å²) >= 11 is 0. The zero-order chi connectivity index (χ0) is 18.4. The molecule has 7 heteroatoms. The molecular formula is C18H21N3O4. The van der Waals surface area contributed by atoms with Crippen LogP contribution in [0.15, 0.2) is 24.3 Å². The lowest BCUT2D eigenvalue weighted by Gasteiger charge is -2.30. The smallest absolute Gasteiger partial charge is 0.414 e. The number of carboxylic acid groups (broad SMARTS) is 2. The summed E-state index contributed by atoms with van der Waals surface area (Å²) in [5.41, 5.74) is 3.04. The van der Waals surface area contributed by atoms with Gasteiger partial charge >= 0.3 is 11.9 Å². The van der Waals surface area contributed by atoms with Crippen LogP contribution in [-0.2, 0) is 9.59 Å². The monoisotopic (exact) mass is 343 g/mol. The van der Waals surface area contributed by atoms with Crippen molar-refractivity contribution in [1.29, 1.82) is 5.26 Å². The maximum atomic E-state index is 9.15. The molecule has 1 fully saturated rings. The second kappa shape index (κ2) is 8.31. The lowest BCUT2D eigenvalue weighted by atomic mass is 9.93. The first kappa shape index (κ1) is 18.5. The molecule has 1 aromatic heterocycles. The summed E-state index contributed by atoms with van der Waals surface area (Å²) in [5, 5.41) is 25.1. The molecule has 0 unspecified atom stereocenters. The van der Waals surface area contributed by atoms with E-state index >= 15 is 0 Å². The van der Waals surface area contributed by atoms with Crippen LogP contribution in [0.25, 0.3) is 10.9 Å². The number of fused-ring (bicyclic) bond motifs is 1. The number of nitrogens with one attached hydrogen (secondary N) is 1. The van der Waals surface area contributed by atoms with E-state index in [1.165, 1.54) is 31.6 Å². The molecule has 1 aromatic carbocycles. The van der Waals surface area contributed by atoms with E-state index < -0.39 is 11.9 Å². The number of hydrogen-bond acceptors (Lipinski definition) is 4. The van der Waals surface area contributed by atoms with Gasteiger partial charge in [0.1, 0.15) is 6.07 Å². The Morgan fingerprint density at radius 1 is 1.28 bits per heavy atom. The van der Waals surface area contributed by atoms with E-state index in [0.717, 1.165) is 23.0 Å². The molecule has 1 aliphatic rings. The number of aromatic nitrogens is 1. The highest BCUT2D eigenvalue weighted by Gasteiger charge is 2.21. The summed E-state index contributed by atoms with van der Waals surface area (Å²) in [6, 6.07) is 10.4. The Bertz CT molecular complexity index is 786. The number of piperidine rings is 1. The molecule has 1 saturated heterocycles. The van der Waals surface area contributed by atoms with E-state index in [4.69, 9.17) is 25.1 Å². The van der Waals surface area contributed by atoms with E-state index in [1.807, 2.05) is 12.1 Å². The number of H-pyrrole nitrogens is 1. The minimum atomic E-state index is -1.82. The van der Waals surface area contributed by atoms with Gasteiger partial charge < -0.3 is 20.1 Å². The van der Waals surface area contributed by atoms with Crippen LogP contribution in [0.2, 0.25) is 0 Å². The van der Waals surface area contributed by atoms with Crippen LogP contribution >= 0.6 is 0 Å². The van der Waals surface area contributed by atoms with Crippen molar-refractivity contribution in [2.45, 2.75) is 25.7 Å². The van der Waals surface area contributed by atoms with Crippen molar-refractivity contribution >= 4 is 22.8 Å². The SMILES string of the molecule is CCN1CCC(c2cc3cccc(C#N)c3[nH]2)CC1.O=C(O)C(=O)O. The Hall–Kier alpha value is -2.85. The largest absolute Gasteiger partial charge is 0.473 e. The average Bonchev–Trinajstić information content (AvgIpc) is 3.06. The van der Waals surface area contributed by atoms with Crippen LogP contribution in [-0.4, -0.2) is 51.7 Å². The zero-order valence-corrected chi connectivity index (χ0v) is 14.0. The molecule has 25 heavy (non-hydrogen) atoms. The number of aliphatic carboxylic acids is 2. The fourth-order valence-electron chi connectivity index (χ4n) is 3.05. The molecule has 0 bridgehead atoms. The number of benzene rings is 1. The van der Waals surface area contributed by atoms with Crippen LogP contribution in [0.4, 0.5) is 0 Å². The lowest BCUT2D eigenvalue weighted by Crippen LogP contribution is -2.32. The summed E-state index contributed by atoms with van der Waals surface area (Å²) < 4.78 is 0. The zero-order valence-electron chi connectivity index (χ0n) is 14.0. The molecule has 0 atom stereocenters. The first-order valence-corrected chi connectivity index (χ1v) is 8.16. The predicted octanol–water partition coefficient (Wildman–Crippen LogP) is 2.39. The number of nitriles is 1. The first-order chi connectivity index (χ1) is 12.0. The predicted molar refractivity (Wildman–Crippen MR) is 92.4 cm³/mol. The number of aromatic amines is 1. The van der Waals surface area contributed by atoms with Gasteiger partial charge in [-0.25, -0.2) is 9.59 Å². The van der Waals surface area contributed by atoms with Crippen molar-refractivity contribution in [3.8, 4) is 6.07 Å². The number of nitrogens with zero attached hydrogens (tertiary/aromatic N) is 2. The first-order valence-electron chi connectivity index (χ1n) is 8.16. The summed E-state index contributed by atoms with van der Waals surface area (Å²) in [5.74, 6) is -3.04. The molecule has 1 aliphatic heterocycles. The number of carboxylic acids is 2.